The summed E-state index contributed by atoms with van der Waals surface area (Å²) >= 11 is 0. The summed E-state index contributed by atoms with van der Waals surface area (Å²) in [7, 11) is 0. The molecule has 2 nitrogen and oxygen atoms in total. The van der Waals surface area contributed by atoms with Crippen molar-refractivity contribution < 1.29 is 4.74 Å². The molecule has 0 aliphatic heterocycles. The molecule has 0 aromatic heterocycles. The highest BCUT2D eigenvalue weighted by atomic mass is 16.5. The molecule has 2 saturated carbocycles. The van der Waals surface area contributed by atoms with Crippen LogP contribution in [0, 0.1) is 19.8 Å². The fraction of sp³-hybridized carbons (Fsp3) is 0.667. The quantitative estimate of drug-likeness (QED) is 0.892. The van der Waals surface area contributed by atoms with Crippen LogP contribution in [0.15, 0.2) is 12.1 Å². The Bertz CT molecular complexity index is 484. The van der Waals surface area contributed by atoms with Crippen LogP contribution in [0.2, 0.25) is 0 Å². The molecule has 2 aliphatic carbocycles. The Hall–Kier alpha value is -1.02. The van der Waals surface area contributed by atoms with Crippen LogP contribution in [0.3, 0.4) is 0 Å². The molecule has 0 radical (unpaired) electrons. The average Bonchev–Trinajstić information content (AvgIpc) is 2.79. The Balaban J connectivity index is 1.87. The minimum Gasteiger partial charge on any atom is -0.493 e. The summed E-state index contributed by atoms with van der Waals surface area (Å²) in [5.41, 5.74) is 10.4. The molecule has 20 heavy (non-hydrogen) atoms. The van der Waals surface area contributed by atoms with Gasteiger partial charge in [-0.3, -0.25) is 0 Å². The topological polar surface area (TPSA) is 35.2 Å². The van der Waals surface area contributed by atoms with Gasteiger partial charge in [-0.2, -0.15) is 0 Å². The number of hydrogen-bond donors (Lipinski definition) is 1. The smallest absolute Gasteiger partial charge is 0.124 e. The second kappa shape index (κ2) is 5.40. The molecule has 1 aromatic carbocycles. The summed E-state index contributed by atoms with van der Waals surface area (Å²) in [6, 6.07) is 4.48. The van der Waals surface area contributed by atoms with Gasteiger partial charge in [-0.15, -0.1) is 0 Å². The first-order chi connectivity index (χ1) is 9.58. The van der Waals surface area contributed by atoms with Crippen molar-refractivity contribution in [2.75, 3.05) is 6.61 Å². The molecule has 0 atom stereocenters. The van der Waals surface area contributed by atoms with Crippen molar-refractivity contribution in [2.24, 2.45) is 11.7 Å². The second-order valence-electron chi connectivity index (χ2n) is 6.90. The largest absolute Gasteiger partial charge is 0.493 e. The van der Waals surface area contributed by atoms with E-state index in [9.17, 15) is 0 Å². The van der Waals surface area contributed by atoms with Gasteiger partial charge in [0.15, 0.2) is 0 Å². The summed E-state index contributed by atoms with van der Waals surface area (Å²) < 4.78 is 6.17. The minimum atomic E-state index is -0.159. The number of nitrogens with two attached hydrogens (primary N) is 1. The first kappa shape index (κ1) is 13.9. The van der Waals surface area contributed by atoms with Crippen molar-refractivity contribution in [1.29, 1.82) is 0 Å². The van der Waals surface area contributed by atoms with Gasteiger partial charge in [0, 0.05) is 11.1 Å². The maximum atomic E-state index is 6.67. The fourth-order valence-corrected chi connectivity index (χ4v) is 3.44. The zero-order chi connectivity index (χ0) is 14.2. The molecule has 2 fully saturated rings. The van der Waals surface area contributed by atoms with Crippen LogP contribution >= 0.6 is 0 Å². The summed E-state index contributed by atoms with van der Waals surface area (Å²) in [5.74, 6) is 1.81. The molecule has 0 heterocycles. The van der Waals surface area contributed by atoms with Crippen molar-refractivity contribution in [3.63, 3.8) is 0 Å². The number of ether oxygens (including phenoxy) is 1. The van der Waals surface area contributed by atoms with Crippen LogP contribution in [-0.4, -0.2) is 6.61 Å². The monoisotopic (exact) mass is 273 g/mol. The lowest BCUT2D eigenvalue weighted by Gasteiger charge is -2.30. The molecule has 2 N–H and O–H groups in total. The van der Waals surface area contributed by atoms with Gasteiger partial charge in [-0.05, 0) is 62.6 Å². The van der Waals surface area contributed by atoms with Crippen molar-refractivity contribution in [3.8, 4) is 5.75 Å². The third-order valence-corrected chi connectivity index (χ3v) is 5.33. The predicted octanol–water partition coefficient (Wildman–Crippen LogP) is 4.21. The van der Waals surface area contributed by atoms with E-state index in [4.69, 9.17) is 10.5 Å². The lowest BCUT2D eigenvalue weighted by atomic mass is 9.85. The average molecular weight is 273 g/mol. The van der Waals surface area contributed by atoms with Crippen molar-refractivity contribution in [1.82, 2.24) is 0 Å². The Morgan fingerprint density at radius 2 is 1.75 bits per heavy atom. The SMILES string of the molecule is Cc1cc(OCC2CCC2)c(C2(N)CCCC2)cc1C. The summed E-state index contributed by atoms with van der Waals surface area (Å²) in [5, 5.41) is 0. The van der Waals surface area contributed by atoms with E-state index in [-0.39, 0.29) is 5.54 Å². The van der Waals surface area contributed by atoms with E-state index in [1.807, 2.05) is 0 Å². The van der Waals surface area contributed by atoms with Gasteiger partial charge < -0.3 is 10.5 Å². The lowest BCUT2D eigenvalue weighted by molar-refractivity contribution is 0.177. The van der Waals surface area contributed by atoms with E-state index in [2.05, 4.69) is 26.0 Å². The van der Waals surface area contributed by atoms with Crippen molar-refractivity contribution in [2.45, 2.75) is 64.3 Å². The minimum absolute atomic E-state index is 0.159. The van der Waals surface area contributed by atoms with E-state index in [0.29, 0.717) is 0 Å². The van der Waals surface area contributed by atoms with Crippen LogP contribution < -0.4 is 10.5 Å². The zero-order valence-electron chi connectivity index (χ0n) is 12.9. The van der Waals surface area contributed by atoms with Gasteiger partial charge in [-0.1, -0.05) is 25.3 Å². The van der Waals surface area contributed by atoms with Crippen LogP contribution in [0.5, 0.6) is 5.75 Å². The molecular weight excluding hydrogens is 246 g/mol. The number of aryl methyl sites for hydroxylation is 2. The molecule has 2 aliphatic rings. The van der Waals surface area contributed by atoms with E-state index in [0.717, 1.165) is 31.1 Å². The van der Waals surface area contributed by atoms with Crippen molar-refractivity contribution in [3.05, 3.63) is 28.8 Å². The molecule has 0 spiro atoms. The summed E-state index contributed by atoms with van der Waals surface area (Å²) in [6.07, 6.45) is 8.69. The molecule has 110 valence electrons. The Morgan fingerprint density at radius 1 is 1.10 bits per heavy atom. The van der Waals surface area contributed by atoms with Gasteiger partial charge in [0.25, 0.3) is 0 Å². The number of rotatable bonds is 4. The van der Waals surface area contributed by atoms with Crippen LogP contribution in [-0.2, 0) is 5.54 Å². The Labute approximate surface area is 122 Å². The highest BCUT2D eigenvalue weighted by Gasteiger charge is 2.34. The van der Waals surface area contributed by atoms with Gasteiger partial charge in [0.05, 0.1) is 6.61 Å². The molecule has 0 bridgehead atoms. The van der Waals surface area contributed by atoms with Gasteiger partial charge in [-0.25, -0.2) is 0 Å². The van der Waals surface area contributed by atoms with E-state index in [1.54, 1.807) is 0 Å². The van der Waals surface area contributed by atoms with E-state index >= 15 is 0 Å². The van der Waals surface area contributed by atoms with Crippen LogP contribution in [0.25, 0.3) is 0 Å². The molecule has 2 heteroatoms. The molecule has 0 unspecified atom stereocenters. The molecule has 1 aromatic rings. The number of hydrogen-bond acceptors (Lipinski definition) is 2. The normalized spacial score (nSPS) is 21.8. The van der Waals surface area contributed by atoms with E-state index < -0.39 is 0 Å². The lowest BCUT2D eigenvalue weighted by Crippen LogP contribution is -2.34. The van der Waals surface area contributed by atoms with Gasteiger partial charge >= 0.3 is 0 Å². The third kappa shape index (κ3) is 2.58. The molecule has 3 rings (SSSR count). The summed E-state index contributed by atoms with van der Waals surface area (Å²) in [4.78, 5) is 0. The second-order valence-corrected chi connectivity index (χ2v) is 6.90. The first-order valence-corrected chi connectivity index (χ1v) is 8.12. The third-order valence-electron chi connectivity index (χ3n) is 5.33. The molecule has 0 amide bonds. The Morgan fingerprint density at radius 3 is 2.35 bits per heavy atom. The summed E-state index contributed by atoms with van der Waals surface area (Å²) in [6.45, 7) is 5.20. The van der Waals surface area contributed by atoms with Gasteiger partial charge in [0.2, 0.25) is 0 Å². The first-order valence-electron chi connectivity index (χ1n) is 8.12. The maximum Gasteiger partial charge on any atom is 0.124 e. The van der Waals surface area contributed by atoms with Gasteiger partial charge in [0.1, 0.15) is 5.75 Å². The molecule has 0 saturated heterocycles. The Kier molecular flexibility index (Phi) is 3.76. The highest BCUT2D eigenvalue weighted by molar-refractivity contribution is 5.46. The van der Waals surface area contributed by atoms with E-state index in [1.165, 1.54) is 48.8 Å². The predicted molar refractivity (Wildman–Crippen MR) is 83.1 cm³/mol. The maximum absolute atomic E-state index is 6.67. The van der Waals surface area contributed by atoms with Crippen LogP contribution in [0.1, 0.15) is 61.6 Å². The molecular formula is C18H27NO. The standard InChI is InChI=1S/C18H27NO/c1-13-10-16(18(19)8-3-4-9-18)17(11-14(13)2)20-12-15-6-5-7-15/h10-11,15H,3-9,12,19H2,1-2H3. The zero-order valence-corrected chi connectivity index (χ0v) is 12.9. The van der Waals surface area contributed by atoms with Crippen molar-refractivity contribution >= 4 is 0 Å². The highest BCUT2D eigenvalue weighted by Crippen LogP contribution is 2.42. The van der Waals surface area contributed by atoms with Crippen LogP contribution in [0.4, 0.5) is 0 Å². The number of benzene rings is 1. The fourth-order valence-electron chi connectivity index (χ4n) is 3.44.